The number of carbonyl (C=O) groups excluding carboxylic acids is 3. The minimum Gasteiger partial charge on any atom is -0.490 e. The lowest BCUT2D eigenvalue weighted by atomic mass is 10.1. The highest BCUT2D eigenvalue weighted by Gasteiger charge is 2.37. The van der Waals surface area contributed by atoms with Gasteiger partial charge in [-0.3, -0.25) is 14.9 Å². The van der Waals surface area contributed by atoms with Crippen molar-refractivity contribution in [3.05, 3.63) is 117 Å². The molecule has 1 N–H and O–H groups in total. The minimum atomic E-state index is -0.863. The number of amides is 4. The Bertz CT molecular complexity index is 1800. The molecule has 236 valence electrons. The second-order valence-corrected chi connectivity index (χ2v) is 11.3. The number of urea groups is 1. The molecule has 4 aromatic rings. The van der Waals surface area contributed by atoms with Crippen LogP contribution in [0.3, 0.4) is 0 Å². The number of nitrogens with one attached hydrogen (secondary N) is 1. The summed E-state index contributed by atoms with van der Waals surface area (Å²) in [5.74, 6) is 0.450. The van der Waals surface area contributed by atoms with E-state index in [1.165, 1.54) is 12.1 Å². The second-order valence-electron chi connectivity index (χ2n) is 9.98. The average molecular weight is 706 g/mol. The maximum atomic E-state index is 13.3. The first-order chi connectivity index (χ1) is 22.3. The van der Waals surface area contributed by atoms with Gasteiger partial charge in [0, 0.05) is 5.02 Å². The molecule has 11 heteroatoms. The number of rotatable bonds is 12. The first-order valence-electron chi connectivity index (χ1n) is 14.5. The van der Waals surface area contributed by atoms with Gasteiger partial charge in [-0.2, -0.15) is 0 Å². The van der Waals surface area contributed by atoms with Crippen LogP contribution in [0.4, 0.5) is 10.5 Å². The van der Waals surface area contributed by atoms with Gasteiger partial charge in [0.2, 0.25) is 0 Å². The van der Waals surface area contributed by atoms with E-state index in [9.17, 15) is 14.4 Å². The van der Waals surface area contributed by atoms with Crippen molar-refractivity contribution in [3.8, 4) is 23.0 Å². The summed E-state index contributed by atoms with van der Waals surface area (Å²) in [6.07, 6.45) is 1.39. The van der Waals surface area contributed by atoms with E-state index >= 15 is 0 Å². The minimum absolute atomic E-state index is 0.190. The van der Waals surface area contributed by atoms with Crippen LogP contribution in [0.5, 0.6) is 23.0 Å². The van der Waals surface area contributed by atoms with E-state index < -0.39 is 17.8 Å². The SMILES string of the molecule is CCOc1cc(COc2c(Br)cc(/C=C3\C(=O)NC(=O)N(c4cccc(Cl)c4)C3=O)cc2OCC)ccc1OCc1ccccc1. The first-order valence-corrected chi connectivity index (χ1v) is 15.6. The number of carbonyl (C=O) groups is 3. The third-order valence-corrected chi connectivity index (χ3v) is 7.56. The molecule has 0 aromatic heterocycles. The van der Waals surface area contributed by atoms with E-state index in [-0.39, 0.29) is 17.9 Å². The third kappa shape index (κ3) is 7.70. The van der Waals surface area contributed by atoms with E-state index in [4.69, 9.17) is 30.5 Å². The van der Waals surface area contributed by atoms with Gasteiger partial charge in [0.1, 0.15) is 18.8 Å². The highest BCUT2D eigenvalue weighted by Crippen LogP contribution is 2.39. The van der Waals surface area contributed by atoms with Crippen LogP contribution in [0.25, 0.3) is 6.08 Å². The van der Waals surface area contributed by atoms with Gasteiger partial charge in [-0.25, -0.2) is 9.69 Å². The smallest absolute Gasteiger partial charge is 0.335 e. The molecule has 1 aliphatic heterocycles. The number of hydrogen-bond donors (Lipinski definition) is 1. The van der Waals surface area contributed by atoms with E-state index in [1.807, 2.05) is 62.4 Å². The van der Waals surface area contributed by atoms with Gasteiger partial charge in [0.15, 0.2) is 23.0 Å². The maximum Gasteiger partial charge on any atom is 0.335 e. The molecule has 0 unspecified atom stereocenters. The quantitative estimate of drug-likeness (QED) is 0.119. The number of ether oxygens (including phenoxy) is 4. The molecule has 1 aliphatic rings. The van der Waals surface area contributed by atoms with Gasteiger partial charge in [-0.05, 0) is 95.0 Å². The fourth-order valence-corrected chi connectivity index (χ4v) is 5.43. The van der Waals surface area contributed by atoms with Gasteiger partial charge in [0.05, 0.1) is 23.4 Å². The van der Waals surface area contributed by atoms with Crippen LogP contribution in [0.1, 0.15) is 30.5 Å². The van der Waals surface area contributed by atoms with E-state index in [0.717, 1.165) is 16.0 Å². The fourth-order valence-electron chi connectivity index (χ4n) is 4.67. The Kier molecular flexibility index (Phi) is 10.6. The predicted octanol–water partition coefficient (Wildman–Crippen LogP) is 7.72. The molecular weight excluding hydrogens is 676 g/mol. The Labute approximate surface area is 279 Å². The summed E-state index contributed by atoms with van der Waals surface area (Å²) in [5.41, 5.74) is 2.36. The molecule has 0 spiro atoms. The van der Waals surface area contributed by atoms with Crippen LogP contribution >= 0.6 is 27.5 Å². The molecule has 1 fully saturated rings. The van der Waals surface area contributed by atoms with Crippen LogP contribution in [-0.4, -0.2) is 31.1 Å². The number of imide groups is 2. The number of anilines is 1. The Morgan fingerprint density at radius 3 is 2.24 bits per heavy atom. The summed E-state index contributed by atoms with van der Waals surface area (Å²) >= 11 is 9.62. The molecule has 0 radical (unpaired) electrons. The average Bonchev–Trinajstić information content (AvgIpc) is 3.03. The molecule has 5 rings (SSSR count). The Morgan fingerprint density at radius 2 is 1.50 bits per heavy atom. The fraction of sp³-hybridized carbons (Fsp3) is 0.171. The zero-order valence-corrected chi connectivity index (χ0v) is 27.4. The summed E-state index contributed by atoms with van der Waals surface area (Å²) in [7, 11) is 0. The van der Waals surface area contributed by atoms with Crippen molar-refractivity contribution in [1.29, 1.82) is 0 Å². The van der Waals surface area contributed by atoms with Crippen LogP contribution in [-0.2, 0) is 22.8 Å². The van der Waals surface area contributed by atoms with Crippen molar-refractivity contribution in [2.75, 3.05) is 18.1 Å². The molecule has 1 saturated heterocycles. The number of halogens is 2. The zero-order chi connectivity index (χ0) is 32.6. The van der Waals surface area contributed by atoms with Crippen molar-refractivity contribution in [2.24, 2.45) is 0 Å². The van der Waals surface area contributed by atoms with Crippen LogP contribution in [0.15, 0.2) is 95.0 Å². The largest absolute Gasteiger partial charge is 0.490 e. The maximum absolute atomic E-state index is 13.3. The van der Waals surface area contributed by atoms with Gasteiger partial charge >= 0.3 is 6.03 Å². The van der Waals surface area contributed by atoms with Crippen LogP contribution in [0, 0.1) is 0 Å². The molecule has 4 amide bonds. The zero-order valence-electron chi connectivity index (χ0n) is 25.0. The number of hydrogen-bond acceptors (Lipinski definition) is 7. The Hall–Kier alpha value is -4.80. The molecule has 0 aliphatic carbocycles. The van der Waals surface area contributed by atoms with E-state index in [0.29, 0.717) is 57.9 Å². The molecule has 0 saturated carbocycles. The topological polar surface area (TPSA) is 103 Å². The lowest BCUT2D eigenvalue weighted by Gasteiger charge is -2.26. The third-order valence-electron chi connectivity index (χ3n) is 6.74. The van der Waals surface area contributed by atoms with Gasteiger partial charge in [-0.1, -0.05) is 54.1 Å². The van der Waals surface area contributed by atoms with Crippen molar-refractivity contribution in [3.63, 3.8) is 0 Å². The summed E-state index contributed by atoms with van der Waals surface area (Å²) in [6, 6.07) is 24.2. The number of barbiturate groups is 1. The molecule has 9 nitrogen and oxygen atoms in total. The van der Waals surface area contributed by atoms with Crippen molar-refractivity contribution < 1.29 is 33.3 Å². The first kappa shape index (κ1) is 32.6. The van der Waals surface area contributed by atoms with Gasteiger partial charge in [-0.15, -0.1) is 0 Å². The number of nitrogens with zero attached hydrogens (tertiary/aromatic N) is 1. The van der Waals surface area contributed by atoms with Crippen LogP contribution < -0.4 is 29.2 Å². The summed E-state index contributed by atoms with van der Waals surface area (Å²) in [4.78, 5) is 39.5. The van der Waals surface area contributed by atoms with Gasteiger partial charge in [0.25, 0.3) is 11.8 Å². The lowest BCUT2D eigenvalue weighted by Crippen LogP contribution is -2.54. The summed E-state index contributed by atoms with van der Waals surface area (Å²) < 4.78 is 24.5. The van der Waals surface area contributed by atoms with Crippen molar-refractivity contribution in [1.82, 2.24) is 5.32 Å². The lowest BCUT2D eigenvalue weighted by molar-refractivity contribution is -0.122. The summed E-state index contributed by atoms with van der Waals surface area (Å²) in [6.45, 7) is 5.14. The molecule has 1 heterocycles. The van der Waals surface area contributed by atoms with Crippen molar-refractivity contribution in [2.45, 2.75) is 27.1 Å². The predicted molar refractivity (Wildman–Crippen MR) is 178 cm³/mol. The Balaban J connectivity index is 1.36. The summed E-state index contributed by atoms with van der Waals surface area (Å²) in [5, 5.41) is 2.55. The van der Waals surface area contributed by atoms with Crippen LogP contribution in [0.2, 0.25) is 5.02 Å². The molecule has 0 atom stereocenters. The molecule has 4 aromatic carbocycles. The van der Waals surface area contributed by atoms with E-state index in [1.54, 1.807) is 30.3 Å². The van der Waals surface area contributed by atoms with Gasteiger partial charge < -0.3 is 18.9 Å². The highest BCUT2D eigenvalue weighted by atomic mass is 79.9. The molecule has 46 heavy (non-hydrogen) atoms. The normalized spacial score (nSPS) is 13.9. The molecule has 0 bridgehead atoms. The number of benzene rings is 4. The Morgan fingerprint density at radius 1 is 0.761 bits per heavy atom. The molecular formula is C35H30BrClN2O7. The standard InChI is InChI=1S/C35H30BrClN2O7/c1-3-43-30-17-23(13-14-29(30)45-20-22-9-6-5-7-10-22)21-46-32-28(36)16-24(18-31(32)44-4-2)15-27-33(40)38-35(42)39(34(27)41)26-12-8-11-25(37)19-26/h5-19H,3-4,20-21H2,1-2H3,(H,38,40,42)/b27-15+. The second kappa shape index (κ2) is 15.0. The monoisotopic (exact) mass is 704 g/mol. The van der Waals surface area contributed by atoms with E-state index in [2.05, 4.69) is 21.2 Å². The highest BCUT2D eigenvalue weighted by molar-refractivity contribution is 9.10. The van der Waals surface area contributed by atoms with Crippen molar-refractivity contribution >= 4 is 57.1 Å².